The van der Waals surface area contributed by atoms with Gasteiger partial charge in [0.15, 0.2) is 0 Å². The molecule has 1 aliphatic rings. The third kappa shape index (κ3) is 3.31. The van der Waals surface area contributed by atoms with Crippen LogP contribution in [0.15, 0.2) is 41.0 Å². The van der Waals surface area contributed by atoms with E-state index in [2.05, 4.69) is 48.5 Å². The Morgan fingerprint density at radius 3 is 2.83 bits per heavy atom. The molecule has 122 valence electrons. The number of esters is 1. The number of benzene rings is 1. The number of aromatic nitrogens is 4. The van der Waals surface area contributed by atoms with Crippen molar-refractivity contribution in [3.63, 3.8) is 0 Å². The normalized spacial score (nSPS) is 15.4. The van der Waals surface area contributed by atoms with Gasteiger partial charge >= 0.3 is 5.97 Å². The molecule has 1 unspecified atom stereocenters. The Bertz CT molecular complexity index is 874. The summed E-state index contributed by atoms with van der Waals surface area (Å²) in [5, 5.41) is 10.3. The van der Waals surface area contributed by atoms with E-state index in [-0.39, 0.29) is 12.1 Å². The van der Waals surface area contributed by atoms with Crippen LogP contribution >= 0.6 is 15.9 Å². The van der Waals surface area contributed by atoms with Crippen LogP contribution in [-0.2, 0) is 11.2 Å². The largest absolute Gasteiger partial charge is 0.458 e. The number of fused-ring (bicyclic) bond motifs is 1. The van der Waals surface area contributed by atoms with E-state index >= 15 is 0 Å². The summed E-state index contributed by atoms with van der Waals surface area (Å²) in [6.07, 6.45) is 4.32. The first-order valence-electron chi connectivity index (χ1n) is 7.81. The van der Waals surface area contributed by atoms with Crippen molar-refractivity contribution in [1.29, 1.82) is 0 Å². The van der Waals surface area contributed by atoms with Gasteiger partial charge in [-0.25, -0.2) is 9.78 Å². The van der Waals surface area contributed by atoms with E-state index in [1.54, 1.807) is 6.07 Å². The SMILES string of the molecule is O=C(OC(Cc1ccc(Br)cc1)C1CC1)c1cnc2n[nH]nc2c1. The van der Waals surface area contributed by atoms with E-state index in [0.29, 0.717) is 22.6 Å². The van der Waals surface area contributed by atoms with E-state index in [4.69, 9.17) is 4.74 Å². The van der Waals surface area contributed by atoms with Crippen molar-refractivity contribution in [2.75, 3.05) is 0 Å². The Balaban J connectivity index is 1.49. The molecule has 2 heterocycles. The number of hydrogen-bond acceptors (Lipinski definition) is 5. The molecule has 1 fully saturated rings. The van der Waals surface area contributed by atoms with Gasteiger partial charge in [0.1, 0.15) is 11.6 Å². The first-order chi connectivity index (χ1) is 11.7. The highest BCUT2D eigenvalue weighted by Gasteiger charge is 2.34. The van der Waals surface area contributed by atoms with Crippen LogP contribution in [0.25, 0.3) is 11.2 Å². The van der Waals surface area contributed by atoms with Crippen molar-refractivity contribution in [2.45, 2.75) is 25.4 Å². The summed E-state index contributed by atoms with van der Waals surface area (Å²) in [5.74, 6) is 0.0859. The van der Waals surface area contributed by atoms with Crippen LogP contribution in [0, 0.1) is 5.92 Å². The molecule has 0 amide bonds. The van der Waals surface area contributed by atoms with Gasteiger partial charge in [0, 0.05) is 17.1 Å². The van der Waals surface area contributed by atoms with Gasteiger partial charge in [-0.3, -0.25) is 0 Å². The molecule has 1 N–H and O–H groups in total. The van der Waals surface area contributed by atoms with Gasteiger partial charge < -0.3 is 4.74 Å². The van der Waals surface area contributed by atoms with E-state index in [0.717, 1.165) is 29.3 Å². The fourth-order valence-corrected chi connectivity index (χ4v) is 2.95. The maximum absolute atomic E-state index is 12.5. The maximum Gasteiger partial charge on any atom is 0.340 e. The second-order valence-electron chi connectivity index (χ2n) is 6.00. The fourth-order valence-electron chi connectivity index (χ4n) is 2.68. The van der Waals surface area contributed by atoms with Crippen LogP contribution in [0.3, 0.4) is 0 Å². The van der Waals surface area contributed by atoms with Gasteiger partial charge in [-0.05, 0) is 42.5 Å². The molecule has 1 aromatic carbocycles. The zero-order valence-corrected chi connectivity index (χ0v) is 14.4. The zero-order chi connectivity index (χ0) is 16.5. The number of nitrogens with zero attached hydrogens (tertiary/aromatic N) is 3. The second-order valence-corrected chi connectivity index (χ2v) is 6.92. The lowest BCUT2D eigenvalue weighted by Crippen LogP contribution is -2.23. The lowest BCUT2D eigenvalue weighted by atomic mass is 10.0. The monoisotopic (exact) mass is 386 g/mol. The Labute approximate surface area is 146 Å². The standard InChI is InChI=1S/C17H15BrN4O2/c18-13-5-1-10(2-6-13)7-15(11-3-4-11)24-17(23)12-8-14-16(19-9-12)21-22-20-14/h1-2,5-6,8-9,11,15H,3-4,7H2,(H,19,20,21,22). The van der Waals surface area contributed by atoms with Crippen molar-refractivity contribution >= 4 is 33.1 Å². The van der Waals surface area contributed by atoms with Gasteiger partial charge in [0.2, 0.25) is 5.65 Å². The molecule has 1 saturated carbocycles. The number of H-pyrrole nitrogens is 1. The van der Waals surface area contributed by atoms with E-state index < -0.39 is 0 Å². The summed E-state index contributed by atoms with van der Waals surface area (Å²) < 4.78 is 6.81. The Hall–Kier alpha value is -2.28. The Morgan fingerprint density at radius 2 is 2.08 bits per heavy atom. The highest BCUT2D eigenvalue weighted by molar-refractivity contribution is 9.10. The van der Waals surface area contributed by atoms with Crippen LogP contribution in [0.4, 0.5) is 0 Å². The molecule has 0 aliphatic heterocycles. The van der Waals surface area contributed by atoms with Crippen LogP contribution in [0.5, 0.6) is 0 Å². The van der Waals surface area contributed by atoms with Gasteiger partial charge in [-0.1, -0.05) is 28.1 Å². The molecule has 0 radical (unpaired) electrons. The average molecular weight is 387 g/mol. The number of aromatic amines is 1. The van der Waals surface area contributed by atoms with Gasteiger partial charge in [0.05, 0.1) is 5.56 Å². The summed E-state index contributed by atoms with van der Waals surface area (Å²) in [5.41, 5.74) is 2.60. The molecule has 3 aromatic rings. The molecule has 4 rings (SSSR count). The van der Waals surface area contributed by atoms with Crippen LogP contribution in [0.1, 0.15) is 28.8 Å². The van der Waals surface area contributed by atoms with Crippen molar-refractivity contribution in [3.05, 3.63) is 52.1 Å². The lowest BCUT2D eigenvalue weighted by Gasteiger charge is -2.17. The van der Waals surface area contributed by atoms with Crippen molar-refractivity contribution < 1.29 is 9.53 Å². The number of ether oxygens (including phenoxy) is 1. The van der Waals surface area contributed by atoms with Crippen molar-refractivity contribution in [1.82, 2.24) is 20.4 Å². The van der Waals surface area contributed by atoms with E-state index in [1.807, 2.05) is 12.1 Å². The molecule has 0 spiro atoms. The average Bonchev–Trinajstić information content (AvgIpc) is 3.33. The first-order valence-corrected chi connectivity index (χ1v) is 8.60. The molecule has 7 heteroatoms. The number of halogens is 1. The smallest absolute Gasteiger partial charge is 0.340 e. The second kappa shape index (κ2) is 6.32. The summed E-state index contributed by atoms with van der Waals surface area (Å²) in [6.45, 7) is 0. The zero-order valence-electron chi connectivity index (χ0n) is 12.8. The van der Waals surface area contributed by atoms with E-state index in [9.17, 15) is 4.79 Å². The quantitative estimate of drug-likeness (QED) is 0.680. The molecule has 1 atom stereocenters. The summed E-state index contributed by atoms with van der Waals surface area (Å²) in [6, 6.07) is 9.76. The maximum atomic E-state index is 12.5. The number of pyridine rings is 1. The predicted molar refractivity (Wildman–Crippen MR) is 91.5 cm³/mol. The molecule has 24 heavy (non-hydrogen) atoms. The Morgan fingerprint density at radius 1 is 1.29 bits per heavy atom. The number of carbonyl (C=O) groups is 1. The summed E-state index contributed by atoms with van der Waals surface area (Å²) >= 11 is 3.43. The predicted octanol–water partition coefficient (Wildman–Crippen LogP) is 3.29. The van der Waals surface area contributed by atoms with Crippen LogP contribution < -0.4 is 0 Å². The third-order valence-corrected chi connectivity index (χ3v) is 4.69. The summed E-state index contributed by atoms with van der Waals surface area (Å²) in [4.78, 5) is 16.6. The molecule has 1 aliphatic carbocycles. The molecule has 0 saturated heterocycles. The third-order valence-electron chi connectivity index (χ3n) is 4.17. The number of hydrogen-bond donors (Lipinski definition) is 1. The Kier molecular flexibility index (Phi) is 4.02. The molecule has 2 aromatic heterocycles. The minimum absolute atomic E-state index is 0.105. The number of nitrogens with one attached hydrogen (secondary N) is 1. The summed E-state index contributed by atoms with van der Waals surface area (Å²) in [7, 11) is 0. The fraction of sp³-hybridized carbons (Fsp3) is 0.294. The van der Waals surface area contributed by atoms with E-state index in [1.165, 1.54) is 6.20 Å². The van der Waals surface area contributed by atoms with Crippen molar-refractivity contribution in [3.8, 4) is 0 Å². The molecular weight excluding hydrogens is 372 g/mol. The number of carbonyl (C=O) groups excluding carboxylic acids is 1. The minimum atomic E-state index is -0.360. The molecule has 6 nitrogen and oxygen atoms in total. The topological polar surface area (TPSA) is 80.8 Å². The first kappa shape index (κ1) is 15.3. The highest BCUT2D eigenvalue weighted by Crippen LogP contribution is 2.36. The van der Waals surface area contributed by atoms with Gasteiger partial charge in [-0.15, -0.1) is 5.10 Å². The van der Waals surface area contributed by atoms with Gasteiger partial charge in [-0.2, -0.15) is 10.3 Å². The minimum Gasteiger partial charge on any atom is -0.458 e. The molecular formula is C17H15BrN4O2. The van der Waals surface area contributed by atoms with Crippen LogP contribution in [-0.4, -0.2) is 32.5 Å². The lowest BCUT2D eigenvalue weighted by molar-refractivity contribution is 0.0249. The van der Waals surface area contributed by atoms with Crippen molar-refractivity contribution in [2.24, 2.45) is 5.92 Å². The molecule has 0 bridgehead atoms. The van der Waals surface area contributed by atoms with Crippen LogP contribution in [0.2, 0.25) is 0 Å². The highest BCUT2D eigenvalue weighted by atomic mass is 79.9. The van der Waals surface area contributed by atoms with Gasteiger partial charge in [0.25, 0.3) is 0 Å². The number of rotatable bonds is 5.